The molecular weight excluding hydrogens is 378 g/mol. The van der Waals surface area contributed by atoms with Gasteiger partial charge in [-0.15, -0.1) is 0 Å². The van der Waals surface area contributed by atoms with Crippen LogP contribution in [0, 0.1) is 10.1 Å². The number of nitro groups is 1. The minimum atomic E-state index is -0.531. The molecule has 0 saturated heterocycles. The summed E-state index contributed by atoms with van der Waals surface area (Å²) < 4.78 is 11.3. The molecule has 7 heteroatoms. The van der Waals surface area contributed by atoms with Crippen LogP contribution in [0.5, 0.6) is 5.75 Å². The molecule has 1 unspecified atom stereocenters. The number of carbonyl (C=O) groups excluding carboxylic acids is 1. The minimum absolute atomic E-state index is 0.0615. The van der Waals surface area contributed by atoms with Gasteiger partial charge in [0.05, 0.1) is 17.1 Å². The molecule has 0 amide bonds. The van der Waals surface area contributed by atoms with Gasteiger partial charge in [-0.3, -0.25) is 10.1 Å². The first-order valence-corrected chi connectivity index (χ1v) is 9.41. The van der Waals surface area contributed by atoms with Crippen LogP contribution in [0.1, 0.15) is 26.9 Å². The summed E-state index contributed by atoms with van der Waals surface area (Å²) in [6.07, 6.45) is 0. The van der Waals surface area contributed by atoms with E-state index in [4.69, 9.17) is 9.47 Å². The molecule has 0 N–H and O–H groups in total. The molecule has 1 atom stereocenters. The van der Waals surface area contributed by atoms with Crippen LogP contribution in [0.2, 0.25) is 0 Å². The van der Waals surface area contributed by atoms with Gasteiger partial charge in [0.1, 0.15) is 11.2 Å². The summed E-state index contributed by atoms with van der Waals surface area (Å²) in [5, 5.41) is 10.7. The number of thioether (sulfide) groups is 1. The van der Waals surface area contributed by atoms with Gasteiger partial charge in [-0.05, 0) is 41.5 Å². The van der Waals surface area contributed by atoms with Crippen molar-refractivity contribution in [2.24, 2.45) is 0 Å². The van der Waals surface area contributed by atoms with E-state index in [2.05, 4.69) is 6.07 Å². The fourth-order valence-corrected chi connectivity index (χ4v) is 3.92. The Morgan fingerprint density at radius 2 is 1.86 bits per heavy atom. The van der Waals surface area contributed by atoms with Crippen LogP contribution in [0.25, 0.3) is 0 Å². The van der Waals surface area contributed by atoms with Crippen molar-refractivity contribution >= 4 is 23.4 Å². The van der Waals surface area contributed by atoms with Crippen LogP contribution in [0.15, 0.2) is 77.7 Å². The number of hydrogen-bond acceptors (Lipinski definition) is 6. The highest BCUT2D eigenvalue weighted by Gasteiger charge is 2.22. The van der Waals surface area contributed by atoms with Crippen LogP contribution in [-0.4, -0.2) is 10.9 Å². The lowest BCUT2D eigenvalue weighted by Crippen LogP contribution is -2.11. The number of nitro benzene ring substituents is 1. The largest absolute Gasteiger partial charge is 0.423 e. The second kappa shape index (κ2) is 7.84. The molecule has 3 aromatic carbocycles. The van der Waals surface area contributed by atoms with E-state index in [0.29, 0.717) is 12.2 Å². The van der Waals surface area contributed by atoms with Gasteiger partial charge in [0.15, 0.2) is 0 Å². The number of benzene rings is 3. The Hall–Kier alpha value is -3.16. The quantitative estimate of drug-likeness (QED) is 0.264. The van der Waals surface area contributed by atoms with Crippen molar-refractivity contribution in [2.75, 3.05) is 0 Å². The zero-order chi connectivity index (χ0) is 19.5. The minimum Gasteiger partial charge on any atom is -0.423 e. The first-order valence-electron chi connectivity index (χ1n) is 8.53. The summed E-state index contributed by atoms with van der Waals surface area (Å²) in [4.78, 5) is 23.8. The summed E-state index contributed by atoms with van der Waals surface area (Å²) in [5.74, 6) is -0.282. The molecule has 0 fully saturated rings. The van der Waals surface area contributed by atoms with Crippen LogP contribution in [0.4, 0.5) is 5.69 Å². The smallest absolute Gasteiger partial charge is 0.343 e. The predicted octanol–water partition coefficient (Wildman–Crippen LogP) is 5.14. The van der Waals surface area contributed by atoms with Gasteiger partial charge in [0.25, 0.3) is 5.69 Å². The lowest BCUT2D eigenvalue weighted by Gasteiger charge is -2.25. The van der Waals surface area contributed by atoms with E-state index in [-0.39, 0.29) is 16.9 Å². The molecule has 0 saturated carbocycles. The molecule has 3 aromatic rings. The summed E-state index contributed by atoms with van der Waals surface area (Å²) >= 11 is 1.60. The number of ether oxygens (including phenoxy) is 2. The summed E-state index contributed by atoms with van der Waals surface area (Å²) in [5.41, 5.74) is 2.14. The molecule has 6 nitrogen and oxygen atoms in total. The van der Waals surface area contributed by atoms with E-state index < -0.39 is 10.9 Å². The molecule has 0 aliphatic carbocycles. The lowest BCUT2D eigenvalue weighted by atomic mass is 10.1. The van der Waals surface area contributed by atoms with Crippen molar-refractivity contribution in [1.82, 2.24) is 0 Å². The first-order chi connectivity index (χ1) is 13.6. The van der Waals surface area contributed by atoms with Gasteiger partial charge in [-0.25, -0.2) is 4.79 Å². The van der Waals surface area contributed by atoms with Gasteiger partial charge < -0.3 is 9.47 Å². The van der Waals surface area contributed by atoms with Crippen LogP contribution in [-0.2, 0) is 11.3 Å². The third-order valence-electron chi connectivity index (χ3n) is 4.25. The highest BCUT2D eigenvalue weighted by molar-refractivity contribution is 7.99. The molecule has 140 valence electrons. The second-order valence-electron chi connectivity index (χ2n) is 6.13. The normalized spacial score (nSPS) is 15.5. The van der Waals surface area contributed by atoms with Crippen molar-refractivity contribution in [3.05, 3.63) is 99.6 Å². The standard InChI is InChI=1S/C21H15NO5S/c23-20(27-18-10-8-17(9-11-18)22(24)25)14-5-3-6-15(12-14)21-26-13-16-4-1-2-7-19(16)28-21/h1-12,21H,13H2. The van der Waals surface area contributed by atoms with Crippen molar-refractivity contribution in [3.63, 3.8) is 0 Å². The average Bonchev–Trinajstić information content (AvgIpc) is 2.74. The van der Waals surface area contributed by atoms with Gasteiger partial charge in [0, 0.05) is 17.0 Å². The Morgan fingerprint density at radius 3 is 2.64 bits per heavy atom. The number of nitrogens with zero attached hydrogens (tertiary/aromatic N) is 1. The van der Waals surface area contributed by atoms with Crippen molar-refractivity contribution in [2.45, 2.75) is 16.9 Å². The predicted molar refractivity (Wildman–Crippen MR) is 104 cm³/mol. The molecule has 0 spiro atoms. The summed E-state index contributed by atoms with van der Waals surface area (Å²) in [6.45, 7) is 0.519. The van der Waals surface area contributed by atoms with Gasteiger partial charge >= 0.3 is 5.97 Å². The molecule has 1 heterocycles. The molecule has 1 aliphatic rings. The number of rotatable bonds is 4. The van der Waals surface area contributed by atoms with E-state index in [9.17, 15) is 14.9 Å². The van der Waals surface area contributed by atoms with Gasteiger partial charge in [-0.2, -0.15) is 0 Å². The Balaban J connectivity index is 1.49. The Kier molecular flexibility index (Phi) is 5.10. The maximum Gasteiger partial charge on any atom is 0.343 e. The van der Waals surface area contributed by atoms with E-state index in [1.807, 2.05) is 24.3 Å². The Labute approximate surface area is 165 Å². The number of esters is 1. The monoisotopic (exact) mass is 393 g/mol. The van der Waals surface area contributed by atoms with E-state index in [0.717, 1.165) is 16.0 Å². The fraction of sp³-hybridized carbons (Fsp3) is 0.0952. The Morgan fingerprint density at radius 1 is 1.07 bits per heavy atom. The maximum absolute atomic E-state index is 12.5. The summed E-state index contributed by atoms with van der Waals surface area (Å²) in [7, 11) is 0. The van der Waals surface area contributed by atoms with Crippen LogP contribution < -0.4 is 4.74 Å². The average molecular weight is 393 g/mol. The lowest BCUT2D eigenvalue weighted by molar-refractivity contribution is -0.384. The molecule has 1 aliphatic heterocycles. The highest BCUT2D eigenvalue weighted by atomic mass is 32.2. The Bertz CT molecular complexity index is 1030. The first kappa shape index (κ1) is 18.2. The molecule has 4 rings (SSSR count). The van der Waals surface area contributed by atoms with Crippen LogP contribution >= 0.6 is 11.8 Å². The maximum atomic E-state index is 12.5. The highest BCUT2D eigenvalue weighted by Crippen LogP contribution is 2.42. The number of non-ortho nitro benzene ring substituents is 1. The molecule has 0 radical (unpaired) electrons. The van der Waals surface area contributed by atoms with Gasteiger partial charge in [0.2, 0.25) is 0 Å². The zero-order valence-corrected chi connectivity index (χ0v) is 15.4. The summed E-state index contributed by atoms with van der Waals surface area (Å²) in [6, 6.07) is 20.6. The second-order valence-corrected chi connectivity index (χ2v) is 7.24. The third-order valence-corrected chi connectivity index (χ3v) is 5.52. The number of hydrogen-bond donors (Lipinski definition) is 0. The van der Waals surface area contributed by atoms with E-state index >= 15 is 0 Å². The molecule has 0 bridgehead atoms. The number of carbonyl (C=O) groups is 1. The van der Waals surface area contributed by atoms with E-state index in [1.54, 1.807) is 30.0 Å². The zero-order valence-electron chi connectivity index (χ0n) is 14.6. The SMILES string of the molecule is O=C(Oc1ccc([N+](=O)[O-])cc1)c1cccc(C2OCc3ccccc3S2)c1. The van der Waals surface area contributed by atoms with Crippen molar-refractivity contribution < 1.29 is 19.2 Å². The third kappa shape index (κ3) is 3.90. The topological polar surface area (TPSA) is 78.7 Å². The fourth-order valence-electron chi connectivity index (χ4n) is 2.83. The molecule has 0 aromatic heterocycles. The van der Waals surface area contributed by atoms with Crippen LogP contribution in [0.3, 0.4) is 0 Å². The van der Waals surface area contributed by atoms with Gasteiger partial charge in [-0.1, -0.05) is 42.1 Å². The number of fused-ring (bicyclic) bond motifs is 1. The molecular formula is C21H15NO5S. The van der Waals surface area contributed by atoms with Crippen molar-refractivity contribution in [1.29, 1.82) is 0 Å². The van der Waals surface area contributed by atoms with Crippen molar-refractivity contribution in [3.8, 4) is 5.75 Å². The molecule has 28 heavy (non-hydrogen) atoms. The van der Waals surface area contributed by atoms with E-state index in [1.165, 1.54) is 24.3 Å².